The van der Waals surface area contributed by atoms with Crippen molar-refractivity contribution < 1.29 is 9.53 Å². The van der Waals surface area contributed by atoms with E-state index < -0.39 is 0 Å². The van der Waals surface area contributed by atoms with Crippen molar-refractivity contribution in [2.75, 3.05) is 18.8 Å². The van der Waals surface area contributed by atoms with Crippen LogP contribution in [0.4, 0.5) is 5.69 Å². The number of amides is 1. The fourth-order valence-electron chi connectivity index (χ4n) is 2.85. The van der Waals surface area contributed by atoms with Crippen LogP contribution in [0.3, 0.4) is 0 Å². The van der Waals surface area contributed by atoms with Gasteiger partial charge in [-0.1, -0.05) is 0 Å². The van der Waals surface area contributed by atoms with Crippen LogP contribution in [0.2, 0.25) is 0 Å². The van der Waals surface area contributed by atoms with Crippen LogP contribution in [0, 0.1) is 0 Å². The summed E-state index contributed by atoms with van der Waals surface area (Å²) in [5, 5.41) is 4.26. The van der Waals surface area contributed by atoms with Crippen molar-refractivity contribution >= 4 is 11.6 Å². The summed E-state index contributed by atoms with van der Waals surface area (Å²) in [7, 11) is 0. The van der Waals surface area contributed by atoms with E-state index in [0.717, 1.165) is 0 Å². The molecule has 0 saturated carbocycles. The summed E-state index contributed by atoms with van der Waals surface area (Å²) in [6.45, 7) is 11.7. The molecule has 1 amide bonds. The Morgan fingerprint density at radius 3 is 2.35 bits per heavy atom. The lowest BCUT2D eigenvalue weighted by molar-refractivity contribution is -0.171. The largest absolute Gasteiger partial charge is 0.396 e. The van der Waals surface area contributed by atoms with Gasteiger partial charge in [0.25, 0.3) is 5.91 Å². The van der Waals surface area contributed by atoms with Gasteiger partial charge >= 0.3 is 0 Å². The molecule has 0 aromatic carbocycles. The Labute approximate surface area is 119 Å². The molecule has 2 heterocycles. The predicted octanol–water partition coefficient (Wildman–Crippen LogP) is 1.51. The van der Waals surface area contributed by atoms with E-state index in [0.29, 0.717) is 31.0 Å². The van der Waals surface area contributed by atoms with Crippen molar-refractivity contribution in [2.24, 2.45) is 0 Å². The number of nitrogens with two attached hydrogens (primary N) is 1. The number of ether oxygens (including phenoxy) is 1. The van der Waals surface area contributed by atoms with E-state index in [-0.39, 0.29) is 17.1 Å². The average Bonchev–Trinajstić information content (AvgIpc) is 2.65. The molecule has 112 valence electrons. The Balaban J connectivity index is 2.26. The molecule has 6 heteroatoms. The van der Waals surface area contributed by atoms with Crippen molar-refractivity contribution in [3.8, 4) is 0 Å². The SMILES string of the molecule is CCn1cc(N)c(C(=O)N2CC(C)(C)OC(C)(C)C2)n1. The number of morpholine rings is 1. The molecule has 0 atom stereocenters. The van der Waals surface area contributed by atoms with Crippen LogP contribution in [0.1, 0.15) is 45.1 Å². The molecule has 6 nitrogen and oxygen atoms in total. The van der Waals surface area contributed by atoms with E-state index in [1.165, 1.54) is 0 Å². The molecule has 1 aliphatic heterocycles. The van der Waals surface area contributed by atoms with Gasteiger partial charge < -0.3 is 15.4 Å². The average molecular weight is 280 g/mol. The zero-order valence-corrected chi connectivity index (χ0v) is 12.9. The first-order chi connectivity index (χ1) is 9.13. The molecule has 0 bridgehead atoms. The zero-order valence-electron chi connectivity index (χ0n) is 12.9. The molecular weight excluding hydrogens is 256 g/mol. The molecule has 1 fully saturated rings. The lowest BCUT2D eigenvalue weighted by Crippen LogP contribution is -2.58. The van der Waals surface area contributed by atoms with E-state index in [1.807, 2.05) is 34.6 Å². The molecule has 0 unspecified atom stereocenters. The third kappa shape index (κ3) is 2.95. The zero-order chi connectivity index (χ0) is 15.1. The summed E-state index contributed by atoms with van der Waals surface area (Å²) < 4.78 is 7.66. The van der Waals surface area contributed by atoms with Crippen LogP contribution in [-0.2, 0) is 11.3 Å². The van der Waals surface area contributed by atoms with E-state index >= 15 is 0 Å². The van der Waals surface area contributed by atoms with Gasteiger partial charge in [-0.3, -0.25) is 9.48 Å². The topological polar surface area (TPSA) is 73.4 Å². The summed E-state index contributed by atoms with van der Waals surface area (Å²) >= 11 is 0. The van der Waals surface area contributed by atoms with Crippen LogP contribution in [0.25, 0.3) is 0 Å². The van der Waals surface area contributed by atoms with Crippen molar-refractivity contribution in [1.82, 2.24) is 14.7 Å². The molecule has 0 radical (unpaired) electrons. The highest BCUT2D eigenvalue weighted by atomic mass is 16.5. The minimum absolute atomic E-state index is 0.126. The molecule has 1 aromatic rings. The number of carbonyl (C=O) groups excluding carboxylic acids is 1. The number of aryl methyl sites for hydroxylation is 1. The Kier molecular flexibility index (Phi) is 3.54. The predicted molar refractivity (Wildman–Crippen MR) is 77.5 cm³/mol. The molecule has 1 saturated heterocycles. The molecule has 20 heavy (non-hydrogen) atoms. The van der Waals surface area contributed by atoms with Gasteiger partial charge in [0.2, 0.25) is 0 Å². The van der Waals surface area contributed by atoms with E-state index in [4.69, 9.17) is 10.5 Å². The van der Waals surface area contributed by atoms with Crippen LogP contribution >= 0.6 is 0 Å². The highest BCUT2D eigenvalue weighted by molar-refractivity contribution is 5.97. The van der Waals surface area contributed by atoms with Gasteiger partial charge in [-0.2, -0.15) is 5.10 Å². The number of anilines is 1. The fourth-order valence-corrected chi connectivity index (χ4v) is 2.85. The van der Waals surface area contributed by atoms with Crippen molar-refractivity contribution in [3.63, 3.8) is 0 Å². The molecule has 2 rings (SSSR count). The van der Waals surface area contributed by atoms with E-state index in [2.05, 4.69) is 5.10 Å². The second kappa shape index (κ2) is 4.77. The van der Waals surface area contributed by atoms with Crippen LogP contribution in [0.15, 0.2) is 6.20 Å². The maximum absolute atomic E-state index is 12.6. The Morgan fingerprint density at radius 1 is 1.35 bits per heavy atom. The second-order valence-electron chi connectivity index (χ2n) is 6.57. The van der Waals surface area contributed by atoms with Gasteiger partial charge in [0.05, 0.1) is 16.9 Å². The van der Waals surface area contributed by atoms with Gasteiger partial charge in [-0.25, -0.2) is 0 Å². The number of aromatic nitrogens is 2. The minimum atomic E-state index is -0.376. The first kappa shape index (κ1) is 14.8. The molecule has 0 aliphatic carbocycles. The molecular formula is C14H24N4O2. The van der Waals surface area contributed by atoms with Gasteiger partial charge in [0, 0.05) is 25.8 Å². The summed E-state index contributed by atoms with van der Waals surface area (Å²) in [5.74, 6) is -0.126. The van der Waals surface area contributed by atoms with Gasteiger partial charge in [-0.15, -0.1) is 0 Å². The van der Waals surface area contributed by atoms with Crippen molar-refractivity contribution in [2.45, 2.75) is 52.4 Å². The summed E-state index contributed by atoms with van der Waals surface area (Å²) in [6, 6.07) is 0. The van der Waals surface area contributed by atoms with Gasteiger partial charge in [-0.05, 0) is 34.6 Å². The van der Waals surface area contributed by atoms with E-state index in [1.54, 1.807) is 15.8 Å². The van der Waals surface area contributed by atoms with Crippen LogP contribution < -0.4 is 5.73 Å². The van der Waals surface area contributed by atoms with Crippen molar-refractivity contribution in [3.05, 3.63) is 11.9 Å². The third-order valence-electron chi connectivity index (χ3n) is 3.30. The lowest BCUT2D eigenvalue weighted by Gasteiger charge is -2.46. The Morgan fingerprint density at radius 2 is 1.90 bits per heavy atom. The number of rotatable bonds is 2. The number of hydrogen-bond acceptors (Lipinski definition) is 4. The third-order valence-corrected chi connectivity index (χ3v) is 3.30. The number of hydrogen-bond donors (Lipinski definition) is 1. The van der Waals surface area contributed by atoms with Gasteiger partial charge in [0.15, 0.2) is 5.69 Å². The molecule has 1 aromatic heterocycles. The Hall–Kier alpha value is -1.56. The normalized spacial score (nSPS) is 20.9. The maximum atomic E-state index is 12.6. The monoisotopic (exact) mass is 280 g/mol. The number of carbonyl (C=O) groups is 1. The highest BCUT2D eigenvalue weighted by Crippen LogP contribution is 2.29. The maximum Gasteiger partial charge on any atom is 0.276 e. The van der Waals surface area contributed by atoms with E-state index in [9.17, 15) is 4.79 Å². The van der Waals surface area contributed by atoms with Crippen LogP contribution in [0.5, 0.6) is 0 Å². The smallest absolute Gasteiger partial charge is 0.276 e. The van der Waals surface area contributed by atoms with Crippen LogP contribution in [-0.4, -0.2) is 44.9 Å². The van der Waals surface area contributed by atoms with Gasteiger partial charge in [0.1, 0.15) is 0 Å². The molecule has 0 spiro atoms. The fraction of sp³-hybridized carbons (Fsp3) is 0.714. The molecule has 1 aliphatic rings. The summed E-state index contributed by atoms with van der Waals surface area (Å²) in [6.07, 6.45) is 1.70. The summed E-state index contributed by atoms with van der Waals surface area (Å²) in [4.78, 5) is 14.4. The Bertz CT molecular complexity index is 503. The highest BCUT2D eigenvalue weighted by Gasteiger charge is 2.40. The standard InChI is InChI=1S/C14H24N4O2/c1-6-18-7-10(15)11(16-18)12(19)17-8-13(2,3)20-14(4,5)9-17/h7H,6,8-9,15H2,1-5H3. The quantitative estimate of drug-likeness (QED) is 0.891. The number of nitrogens with zero attached hydrogens (tertiary/aromatic N) is 3. The molecule has 2 N–H and O–H groups in total. The second-order valence-corrected chi connectivity index (χ2v) is 6.57. The first-order valence-corrected chi connectivity index (χ1v) is 6.96. The lowest BCUT2D eigenvalue weighted by atomic mass is 9.98. The minimum Gasteiger partial charge on any atom is -0.396 e. The first-order valence-electron chi connectivity index (χ1n) is 6.96. The number of nitrogen functional groups attached to an aromatic ring is 1. The van der Waals surface area contributed by atoms with Crippen molar-refractivity contribution in [1.29, 1.82) is 0 Å². The summed E-state index contributed by atoms with van der Waals surface area (Å²) in [5.41, 5.74) is 5.91.